The number of aryl methyl sites for hydroxylation is 4. The van der Waals surface area contributed by atoms with E-state index in [1.165, 1.54) is 63.0 Å². The second kappa shape index (κ2) is 5.88. The van der Waals surface area contributed by atoms with Crippen LogP contribution >= 0.6 is 0 Å². The van der Waals surface area contributed by atoms with E-state index in [1.54, 1.807) is 11.1 Å². The molecule has 31 heavy (non-hydrogen) atoms. The van der Waals surface area contributed by atoms with Gasteiger partial charge in [-0.25, -0.2) is 4.57 Å². The third kappa shape index (κ3) is 2.20. The minimum absolute atomic E-state index is 0.306. The number of fused-ring (bicyclic) bond motifs is 8. The maximum Gasteiger partial charge on any atom is 0.213 e. The summed E-state index contributed by atoms with van der Waals surface area (Å²) in [5.74, 6) is 0.686. The van der Waals surface area contributed by atoms with Crippen LogP contribution in [-0.2, 0) is 18.9 Å². The third-order valence-corrected chi connectivity index (χ3v) is 9.62. The van der Waals surface area contributed by atoms with Gasteiger partial charge >= 0.3 is 0 Å². The summed E-state index contributed by atoms with van der Waals surface area (Å²) < 4.78 is 2.43. The van der Waals surface area contributed by atoms with Crippen LogP contribution in [0.5, 0.6) is 0 Å². The Morgan fingerprint density at radius 2 is 1.65 bits per heavy atom. The first-order valence-corrected chi connectivity index (χ1v) is 11.9. The van der Waals surface area contributed by atoms with Crippen molar-refractivity contribution in [3.8, 4) is 22.4 Å². The average Bonchev–Trinajstić information content (AvgIpc) is 3.25. The highest BCUT2D eigenvalue weighted by Gasteiger charge is 2.60. The molecule has 158 valence electrons. The summed E-state index contributed by atoms with van der Waals surface area (Å²) in [4.78, 5) is 0. The molecule has 6 rings (SSSR count). The second-order valence-electron chi connectivity index (χ2n) is 11.3. The van der Waals surface area contributed by atoms with E-state index in [1.807, 2.05) is 0 Å². The van der Waals surface area contributed by atoms with E-state index in [9.17, 15) is 0 Å². The van der Waals surface area contributed by atoms with Crippen LogP contribution in [0.15, 0.2) is 36.5 Å². The molecule has 0 aliphatic heterocycles. The van der Waals surface area contributed by atoms with Gasteiger partial charge in [-0.2, -0.15) is 0 Å². The summed E-state index contributed by atoms with van der Waals surface area (Å²) >= 11 is 0. The molecule has 2 bridgehead atoms. The first-order chi connectivity index (χ1) is 14.6. The van der Waals surface area contributed by atoms with Gasteiger partial charge in [0, 0.05) is 17.0 Å². The number of benzene rings is 2. The highest BCUT2D eigenvalue weighted by atomic mass is 14.9. The van der Waals surface area contributed by atoms with Crippen molar-refractivity contribution in [2.24, 2.45) is 12.5 Å². The minimum atomic E-state index is 0.306. The van der Waals surface area contributed by atoms with Gasteiger partial charge in [0.05, 0.1) is 5.56 Å². The quantitative estimate of drug-likeness (QED) is 0.303. The number of pyridine rings is 1. The topological polar surface area (TPSA) is 3.88 Å². The molecule has 0 N–H and O–H groups in total. The maximum absolute atomic E-state index is 2.57. The van der Waals surface area contributed by atoms with E-state index in [0.717, 1.165) is 6.42 Å². The molecule has 2 atom stereocenters. The van der Waals surface area contributed by atoms with E-state index in [2.05, 4.69) is 89.7 Å². The van der Waals surface area contributed by atoms with Crippen molar-refractivity contribution in [2.75, 3.05) is 0 Å². The van der Waals surface area contributed by atoms with Gasteiger partial charge in [0.2, 0.25) is 5.69 Å². The number of hydrogen-bond acceptors (Lipinski definition) is 0. The predicted molar refractivity (Wildman–Crippen MR) is 129 cm³/mol. The molecular weight excluding hydrogens is 374 g/mol. The van der Waals surface area contributed by atoms with Crippen molar-refractivity contribution in [1.29, 1.82) is 0 Å². The zero-order valence-electron chi connectivity index (χ0n) is 20.1. The fourth-order valence-corrected chi connectivity index (χ4v) is 7.52. The molecule has 3 aromatic rings. The molecule has 1 nitrogen and oxygen atoms in total. The normalized spacial score (nSPS) is 24.3. The van der Waals surface area contributed by atoms with E-state index >= 15 is 0 Å². The van der Waals surface area contributed by atoms with Crippen LogP contribution in [0, 0.1) is 26.2 Å². The fourth-order valence-electron chi connectivity index (χ4n) is 7.52. The van der Waals surface area contributed by atoms with Crippen molar-refractivity contribution in [1.82, 2.24) is 0 Å². The van der Waals surface area contributed by atoms with Crippen LogP contribution in [0.2, 0.25) is 0 Å². The third-order valence-electron chi connectivity index (χ3n) is 9.62. The van der Waals surface area contributed by atoms with Crippen molar-refractivity contribution in [3.63, 3.8) is 0 Å². The van der Waals surface area contributed by atoms with Gasteiger partial charge in [0.15, 0.2) is 6.20 Å². The second-order valence-corrected chi connectivity index (χ2v) is 11.3. The molecule has 1 aromatic heterocycles. The Bertz CT molecular complexity index is 1290. The van der Waals surface area contributed by atoms with Crippen LogP contribution in [0.3, 0.4) is 0 Å². The Morgan fingerprint density at radius 3 is 2.42 bits per heavy atom. The number of aromatic nitrogens is 1. The van der Waals surface area contributed by atoms with Crippen LogP contribution in [0.4, 0.5) is 0 Å². The molecule has 0 saturated heterocycles. The lowest BCUT2D eigenvalue weighted by atomic mass is 9.69. The standard InChI is InChI=1S/C30H34N/c1-17-9-8-10-20-21(17)14-23-27(20)18(2)13-19(3)28(23)26-15-22-24-11-12-30(6,29(24,4)5)25(22)16-31(26)7/h8-10,13,15-16,24H,11-12,14H2,1-7H3/q+1. The molecule has 0 spiro atoms. The summed E-state index contributed by atoms with van der Waals surface area (Å²) in [6.45, 7) is 14.4. The predicted octanol–water partition coefficient (Wildman–Crippen LogP) is 6.85. The summed E-state index contributed by atoms with van der Waals surface area (Å²) in [5.41, 5.74) is 16.9. The summed E-state index contributed by atoms with van der Waals surface area (Å²) in [6.07, 6.45) is 6.19. The monoisotopic (exact) mass is 408 g/mol. The summed E-state index contributed by atoms with van der Waals surface area (Å²) in [6, 6.07) is 11.8. The van der Waals surface area contributed by atoms with Crippen molar-refractivity contribution >= 4 is 0 Å². The Kier molecular flexibility index (Phi) is 3.66. The number of nitrogens with zero attached hydrogens (tertiary/aromatic N) is 1. The van der Waals surface area contributed by atoms with Gasteiger partial charge in [-0.15, -0.1) is 0 Å². The molecular formula is C30H34N+. The summed E-state index contributed by atoms with van der Waals surface area (Å²) in [5, 5.41) is 0. The zero-order valence-corrected chi connectivity index (χ0v) is 20.1. The van der Waals surface area contributed by atoms with Gasteiger partial charge in [-0.05, 0) is 95.9 Å². The first-order valence-electron chi connectivity index (χ1n) is 11.9. The lowest BCUT2D eigenvalue weighted by Crippen LogP contribution is -2.36. The van der Waals surface area contributed by atoms with E-state index in [-0.39, 0.29) is 0 Å². The Labute approximate surface area is 187 Å². The zero-order chi connectivity index (χ0) is 21.9. The average molecular weight is 409 g/mol. The van der Waals surface area contributed by atoms with Gasteiger partial charge in [0.25, 0.3) is 0 Å². The Hall–Kier alpha value is -2.41. The van der Waals surface area contributed by atoms with Crippen molar-refractivity contribution in [3.05, 3.63) is 75.5 Å². The Morgan fingerprint density at radius 1 is 0.903 bits per heavy atom. The highest BCUT2D eigenvalue weighted by molar-refractivity contribution is 5.87. The number of hydrogen-bond donors (Lipinski definition) is 0. The highest BCUT2D eigenvalue weighted by Crippen LogP contribution is 2.67. The molecule has 1 saturated carbocycles. The summed E-state index contributed by atoms with van der Waals surface area (Å²) in [7, 11) is 2.26. The van der Waals surface area contributed by atoms with Crippen LogP contribution in [0.1, 0.15) is 78.5 Å². The van der Waals surface area contributed by atoms with Crippen molar-refractivity contribution in [2.45, 2.75) is 72.1 Å². The first kappa shape index (κ1) is 19.3. The molecule has 2 unspecified atom stereocenters. The SMILES string of the molecule is Cc1cccc2c1Cc1c-2c(C)cc(C)c1-c1cc2c(c[n+]1C)C1(C)CCC2C1(C)C. The molecule has 1 fully saturated rings. The molecule has 0 amide bonds. The van der Waals surface area contributed by atoms with E-state index < -0.39 is 0 Å². The Balaban J connectivity index is 1.61. The van der Waals surface area contributed by atoms with E-state index in [0.29, 0.717) is 16.7 Å². The lowest BCUT2D eigenvalue weighted by Gasteiger charge is -2.34. The van der Waals surface area contributed by atoms with Gasteiger partial charge in [-0.3, -0.25) is 0 Å². The lowest BCUT2D eigenvalue weighted by molar-refractivity contribution is -0.661. The van der Waals surface area contributed by atoms with Crippen LogP contribution in [0.25, 0.3) is 22.4 Å². The molecule has 1 heteroatoms. The molecule has 3 aliphatic carbocycles. The molecule has 0 radical (unpaired) electrons. The maximum atomic E-state index is 2.57. The molecule has 3 aliphatic rings. The number of rotatable bonds is 1. The smallest absolute Gasteiger partial charge is 0.201 e. The van der Waals surface area contributed by atoms with Gasteiger partial charge in [-0.1, -0.05) is 45.0 Å². The van der Waals surface area contributed by atoms with Gasteiger partial charge in [0.1, 0.15) is 7.05 Å². The largest absolute Gasteiger partial charge is 0.213 e. The van der Waals surface area contributed by atoms with Gasteiger partial charge < -0.3 is 0 Å². The van der Waals surface area contributed by atoms with E-state index in [4.69, 9.17) is 0 Å². The van der Waals surface area contributed by atoms with Crippen LogP contribution in [-0.4, -0.2) is 0 Å². The molecule has 2 aromatic carbocycles. The van der Waals surface area contributed by atoms with Crippen LogP contribution < -0.4 is 4.57 Å². The molecule has 1 heterocycles. The minimum Gasteiger partial charge on any atom is -0.201 e. The fraction of sp³-hybridized carbons (Fsp3) is 0.433. The van der Waals surface area contributed by atoms with Crippen molar-refractivity contribution < 1.29 is 4.57 Å².